The van der Waals surface area contributed by atoms with Crippen LogP contribution in [-0.2, 0) is 14.3 Å². The van der Waals surface area contributed by atoms with Crippen molar-refractivity contribution in [1.82, 2.24) is 4.90 Å². The molecule has 0 N–H and O–H groups in total. The monoisotopic (exact) mass is 267 g/mol. The van der Waals surface area contributed by atoms with E-state index < -0.39 is 0 Å². The summed E-state index contributed by atoms with van der Waals surface area (Å²) in [6.07, 6.45) is 4.26. The van der Waals surface area contributed by atoms with Crippen LogP contribution in [0.15, 0.2) is 0 Å². The van der Waals surface area contributed by atoms with E-state index in [0.717, 1.165) is 32.5 Å². The zero-order chi connectivity index (χ0) is 13.9. The molecule has 2 saturated heterocycles. The molecule has 2 aliphatic heterocycles. The summed E-state index contributed by atoms with van der Waals surface area (Å²) in [7, 11) is 0. The van der Waals surface area contributed by atoms with Gasteiger partial charge in [-0.05, 0) is 25.2 Å². The number of hydrogen-bond donors (Lipinski definition) is 0. The number of likely N-dealkylation sites (tertiary alicyclic amines) is 1. The molecule has 2 aliphatic rings. The van der Waals surface area contributed by atoms with Gasteiger partial charge in [-0.1, -0.05) is 13.8 Å². The van der Waals surface area contributed by atoms with Crippen LogP contribution < -0.4 is 0 Å². The van der Waals surface area contributed by atoms with Crippen molar-refractivity contribution >= 4 is 11.7 Å². The molecule has 0 unspecified atom stereocenters. The van der Waals surface area contributed by atoms with Crippen LogP contribution in [0.2, 0.25) is 0 Å². The van der Waals surface area contributed by atoms with E-state index >= 15 is 0 Å². The molecule has 2 heterocycles. The van der Waals surface area contributed by atoms with Crippen LogP contribution in [-0.4, -0.2) is 42.9 Å². The number of amides is 1. The van der Waals surface area contributed by atoms with Gasteiger partial charge in [-0.2, -0.15) is 0 Å². The van der Waals surface area contributed by atoms with E-state index in [9.17, 15) is 9.59 Å². The first kappa shape index (κ1) is 14.5. The second-order valence-corrected chi connectivity index (χ2v) is 6.47. The second kappa shape index (κ2) is 6.04. The molecule has 108 valence electrons. The number of hydrogen-bond acceptors (Lipinski definition) is 3. The number of ketones is 1. The Balaban J connectivity index is 1.78. The molecule has 4 nitrogen and oxygen atoms in total. The third-order valence-electron chi connectivity index (χ3n) is 4.41. The number of Topliss-reactive ketones (excluding diaryl/α,β-unsaturated/α-hetero) is 1. The van der Waals surface area contributed by atoms with Gasteiger partial charge in [-0.25, -0.2) is 0 Å². The predicted molar refractivity (Wildman–Crippen MR) is 72.8 cm³/mol. The summed E-state index contributed by atoms with van der Waals surface area (Å²) in [6.45, 7) is 6.74. The Labute approximate surface area is 115 Å². The highest BCUT2D eigenvalue weighted by Crippen LogP contribution is 2.26. The molecule has 2 fully saturated rings. The first-order chi connectivity index (χ1) is 8.99. The first-order valence-electron chi connectivity index (χ1n) is 7.38. The van der Waals surface area contributed by atoms with Gasteiger partial charge in [-0.3, -0.25) is 9.59 Å². The van der Waals surface area contributed by atoms with E-state index in [1.54, 1.807) is 0 Å². The third kappa shape index (κ3) is 3.78. The minimum Gasteiger partial charge on any atom is -0.381 e. The molecule has 4 heteroatoms. The topological polar surface area (TPSA) is 46.6 Å². The molecular formula is C15H25NO3. The molecule has 0 aromatic rings. The number of ether oxygens (including phenoxy) is 1. The zero-order valence-electron chi connectivity index (χ0n) is 12.1. The van der Waals surface area contributed by atoms with E-state index in [2.05, 4.69) is 0 Å². The van der Waals surface area contributed by atoms with Crippen LogP contribution >= 0.6 is 0 Å². The maximum absolute atomic E-state index is 12.2. The number of piperidine rings is 1. The highest BCUT2D eigenvalue weighted by atomic mass is 16.5. The standard InChI is InChI=1S/C15H25NO3/c1-15(2)11-16(8-5-13(15)17)14(18)4-3-12-6-9-19-10-7-12/h12H,3-11H2,1-2H3. The molecule has 19 heavy (non-hydrogen) atoms. The Morgan fingerprint density at radius 1 is 1.37 bits per heavy atom. The second-order valence-electron chi connectivity index (χ2n) is 6.47. The number of carbonyl (C=O) groups is 2. The lowest BCUT2D eigenvalue weighted by Gasteiger charge is -2.37. The van der Waals surface area contributed by atoms with Crippen LogP contribution in [0.3, 0.4) is 0 Å². The predicted octanol–water partition coefficient (Wildman–Crippen LogP) is 2.02. The van der Waals surface area contributed by atoms with Gasteiger partial charge in [-0.15, -0.1) is 0 Å². The fourth-order valence-corrected chi connectivity index (χ4v) is 2.95. The first-order valence-corrected chi connectivity index (χ1v) is 7.38. The average molecular weight is 267 g/mol. The molecule has 1 amide bonds. The minimum absolute atomic E-state index is 0.215. The van der Waals surface area contributed by atoms with Crippen molar-refractivity contribution < 1.29 is 14.3 Å². The summed E-state index contributed by atoms with van der Waals surface area (Å²) in [5.41, 5.74) is -0.368. The van der Waals surface area contributed by atoms with Gasteiger partial charge in [0.25, 0.3) is 0 Å². The van der Waals surface area contributed by atoms with Crippen molar-refractivity contribution in [3.05, 3.63) is 0 Å². The third-order valence-corrected chi connectivity index (χ3v) is 4.41. The van der Waals surface area contributed by atoms with Gasteiger partial charge in [0.15, 0.2) is 0 Å². The number of rotatable bonds is 3. The zero-order valence-corrected chi connectivity index (χ0v) is 12.1. The van der Waals surface area contributed by atoms with Gasteiger partial charge < -0.3 is 9.64 Å². The summed E-state index contributed by atoms with van der Waals surface area (Å²) in [6, 6.07) is 0. The maximum atomic E-state index is 12.2. The minimum atomic E-state index is -0.368. The molecule has 0 aromatic carbocycles. The van der Waals surface area contributed by atoms with Crippen molar-refractivity contribution in [1.29, 1.82) is 0 Å². The van der Waals surface area contributed by atoms with Crippen molar-refractivity contribution in [2.75, 3.05) is 26.3 Å². The highest BCUT2D eigenvalue weighted by molar-refractivity contribution is 5.87. The Hall–Kier alpha value is -0.900. The van der Waals surface area contributed by atoms with Gasteiger partial charge in [0.2, 0.25) is 5.91 Å². The fourth-order valence-electron chi connectivity index (χ4n) is 2.95. The Morgan fingerprint density at radius 2 is 2.05 bits per heavy atom. The summed E-state index contributed by atoms with van der Waals surface area (Å²) >= 11 is 0. The van der Waals surface area contributed by atoms with Crippen molar-refractivity contribution in [2.24, 2.45) is 11.3 Å². The van der Waals surface area contributed by atoms with E-state index in [1.165, 1.54) is 0 Å². The molecule has 0 radical (unpaired) electrons. The van der Waals surface area contributed by atoms with Crippen LogP contribution in [0.25, 0.3) is 0 Å². The normalized spacial score (nSPS) is 24.5. The summed E-state index contributed by atoms with van der Waals surface area (Å²) in [5, 5.41) is 0. The van der Waals surface area contributed by atoms with Crippen LogP contribution in [0.4, 0.5) is 0 Å². The average Bonchev–Trinajstić information content (AvgIpc) is 2.40. The fraction of sp³-hybridized carbons (Fsp3) is 0.867. The maximum Gasteiger partial charge on any atom is 0.222 e. The van der Waals surface area contributed by atoms with E-state index in [4.69, 9.17) is 4.74 Å². The smallest absolute Gasteiger partial charge is 0.222 e. The Bertz CT molecular complexity index is 345. The van der Waals surface area contributed by atoms with E-state index in [1.807, 2.05) is 18.7 Å². The quantitative estimate of drug-likeness (QED) is 0.786. The van der Waals surface area contributed by atoms with Gasteiger partial charge in [0, 0.05) is 44.6 Å². The summed E-state index contributed by atoms with van der Waals surface area (Å²) in [4.78, 5) is 25.8. The highest BCUT2D eigenvalue weighted by Gasteiger charge is 2.35. The Kier molecular flexibility index (Phi) is 4.61. The van der Waals surface area contributed by atoms with E-state index in [-0.39, 0.29) is 17.1 Å². The van der Waals surface area contributed by atoms with Crippen molar-refractivity contribution in [3.8, 4) is 0 Å². The van der Waals surface area contributed by atoms with E-state index in [0.29, 0.717) is 31.8 Å². The lowest BCUT2D eigenvalue weighted by atomic mass is 9.82. The molecule has 0 aliphatic carbocycles. The summed E-state index contributed by atoms with van der Waals surface area (Å²) < 4.78 is 5.33. The molecule has 0 atom stereocenters. The van der Waals surface area contributed by atoms with Crippen molar-refractivity contribution in [2.45, 2.75) is 46.0 Å². The lowest BCUT2D eigenvalue weighted by Crippen LogP contribution is -2.48. The van der Waals surface area contributed by atoms with Crippen LogP contribution in [0.1, 0.15) is 46.0 Å². The molecular weight excluding hydrogens is 242 g/mol. The molecule has 0 spiro atoms. The molecule has 0 saturated carbocycles. The van der Waals surface area contributed by atoms with Crippen LogP contribution in [0.5, 0.6) is 0 Å². The van der Waals surface area contributed by atoms with Gasteiger partial charge in [0.05, 0.1) is 0 Å². The molecule has 2 rings (SSSR count). The number of nitrogens with zero attached hydrogens (tertiary/aromatic N) is 1. The van der Waals surface area contributed by atoms with Crippen LogP contribution in [0, 0.1) is 11.3 Å². The SMILES string of the molecule is CC1(C)CN(C(=O)CCC2CCOCC2)CCC1=O. The molecule has 0 bridgehead atoms. The largest absolute Gasteiger partial charge is 0.381 e. The summed E-state index contributed by atoms with van der Waals surface area (Å²) in [5.74, 6) is 1.13. The number of carbonyl (C=O) groups excluding carboxylic acids is 2. The Morgan fingerprint density at radius 3 is 2.68 bits per heavy atom. The lowest BCUT2D eigenvalue weighted by molar-refractivity contribution is -0.141. The van der Waals surface area contributed by atoms with Gasteiger partial charge in [0.1, 0.15) is 5.78 Å². The van der Waals surface area contributed by atoms with Gasteiger partial charge >= 0.3 is 0 Å². The molecule has 0 aromatic heterocycles. The van der Waals surface area contributed by atoms with Crippen molar-refractivity contribution in [3.63, 3.8) is 0 Å².